The van der Waals surface area contributed by atoms with Crippen molar-refractivity contribution in [2.45, 2.75) is 57.5 Å². The van der Waals surface area contributed by atoms with Gasteiger partial charge in [0.25, 0.3) is 5.91 Å². The molecule has 2 amide bonds. The lowest BCUT2D eigenvalue weighted by Crippen LogP contribution is -2.40. The number of carbonyl (C=O) groups is 2. The van der Waals surface area contributed by atoms with E-state index in [1.165, 1.54) is 6.42 Å². The molecule has 2 fully saturated rings. The molecular weight excluding hydrogens is 292 g/mol. The highest BCUT2D eigenvalue weighted by Gasteiger charge is 2.32. The third kappa shape index (κ3) is 2.75. The molecule has 1 aromatic heterocycles. The molecule has 6 nitrogen and oxygen atoms in total. The lowest BCUT2D eigenvalue weighted by Gasteiger charge is -2.28. The number of hydrogen-bond acceptors (Lipinski definition) is 3. The van der Waals surface area contributed by atoms with E-state index in [0.717, 1.165) is 57.3 Å². The molecule has 0 bridgehead atoms. The van der Waals surface area contributed by atoms with Crippen LogP contribution in [0.15, 0.2) is 6.33 Å². The number of hydrogen-bond donors (Lipinski definition) is 1. The second kappa shape index (κ2) is 5.98. The van der Waals surface area contributed by atoms with Gasteiger partial charge in [0.05, 0.1) is 17.9 Å². The summed E-state index contributed by atoms with van der Waals surface area (Å²) in [5.41, 5.74) is 1.55. The predicted octanol–water partition coefficient (Wildman–Crippen LogP) is 1.35. The van der Waals surface area contributed by atoms with E-state index < -0.39 is 0 Å². The number of likely N-dealkylation sites (tertiary alicyclic amines) is 1. The fraction of sp³-hybridized carbons (Fsp3) is 0.706. The van der Waals surface area contributed by atoms with Crippen molar-refractivity contribution in [2.75, 3.05) is 13.1 Å². The van der Waals surface area contributed by atoms with Gasteiger partial charge in [-0.2, -0.15) is 0 Å². The zero-order valence-corrected chi connectivity index (χ0v) is 13.5. The average molecular weight is 316 g/mol. The van der Waals surface area contributed by atoms with Gasteiger partial charge >= 0.3 is 0 Å². The Morgan fingerprint density at radius 3 is 2.61 bits per heavy atom. The van der Waals surface area contributed by atoms with Crippen molar-refractivity contribution in [2.24, 2.45) is 5.92 Å². The van der Waals surface area contributed by atoms with Crippen molar-refractivity contribution in [3.8, 4) is 0 Å². The fourth-order valence-electron chi connectivity index (χ4n) is 3.86. The second-order valence-corrected chi connectivity index (χ2v) is 7.06. The molecule has 1 aromatic rings. The Hall–Kier alpha value is -1.85. The van der Waals surface area contributed by atoms with Crippen LogP contribution in [0.5, 0.6) is 0 Å². The second-order valence-electron chi connectivity index (χ2n) is 7.06. The first-order valence-corrected chi connectivity index (χ1v) is 8.86. The van der Waals surface area contributed by atoms with E-state index in [1.54, 1.807) is 6.33 Å². The molecule has 1 N–H and O–H groups in total. The van der Waals surface area contributed by atoms with Crippen molar-refractivity contribution < 1.29 is 9.59 Å². The molecule has 1 saturated carbocycles. The van der Waals surface area contributed by atoms with Gasteiger partial charge in [0.2, 0.25) is 5.91 Å². The molecule has 6 heteroatoms. The van der Waals surface area contributed by atoms with Crippen molar-refractivity contribution in [1.82, 2.24) is 19.8 Å². The van der Waals surface area contributed by atoms with E-state index in [9.17, 15) is 9.59 Å². The van der Waals surface area contributed by atoms with E-state index in [2.05, 4.69) is 10.3 Å². The number of aromatic nitrogens is 2. The normalized spacial score (nSPS) is 24.2. The first-order chi connectivity index (χ1) is 11.2. The van der Waals surface area contributed by atoms with Gasteiger partial charge in [-0.05, 0) is 44.9 Å². The van der Waals surface area contributed by atoms with E-state index in [1.807, 2.05) is 9.47 Å². The van der Waals surface area contributed by atoms with Crippen molar-refractivity contribution in [3.05, 3.63) is 17.7 Å². The summed E-state index contributed by atoms with van der Waals surface area (Å²) in [6.45, 7) is 2.47. The van der Waals surface area contributed by atoms with Gasteiger partial charge in [-0.3, -0.25) is 9.59 Å². The van der Waals surface area contributed by atoms with Gasteiger partial charge in [-0.1, -0.05) is 0 Å². The van der Waals surface area contributed by atoms with Crippen LogP contribution in [-0.4, -0.2) is 45.4 Å². The molecule has 3 heterocycles. The maximum absolute atomic E-state index is 12.6. The van der Waals surface area contributed by atoms with Crippen molar-refractivity contribution in [1.29, 1.82) is 0 Å². The number of rotatable bonds is 3. The van der Waals surface area contributed by atoms with Crippen LogP contribution in [0, 0.1) is 5.92 Å². The van der Waals surface area contributed by atoms with E-state index >= 15 is 0 Å². The summed E-state index contributed by atoms with van der Waals surface area (Å²) in [5.74, 6) is 0.271. The highest BCUT2D eigenvalue weighted by atomic mass is 16.2. The third-order valence-electron chi connectivity index (χ3n) is 5.52. The maximum Gasteiger partial charge on any atom is 0.271 e. The van der Waals surface area contributed by atoms with Crippen molar-refractivity contribution in [3.63, 3.8) is 0 Å². The van der Waals surface area contributed by atoms with Crippen LogP contribution in [0.1, 0.15) is 54.7 Å². The summed E-state index contributed by atoms with van der Waals surface area (Å²) in [5, 5.41) is 3.06. The van der Waals surface area contributed by atoms with Crippen LogP contribution >= 0.6 is 0 Å². The number of imidazole rings is 1. The Morgan fingerprint density at radius 1 is 1.13 bits per heavy atom. The van der Waals surface area contributed by atoms with Gasteiger partial charge < -0.3 is 14.8 Å². The summed E-state index contributed by atoms with van der Waals surface area (Å²) < 4.78 is 2.01. The van der Waals surface area contributed by atoms with Gasteiger partial charge in [0.15, 0.2) is 0 Å². The molecule has 0 aromatic carbocycles. The van der Waals surface area contributed by atoms with Crippen LogP contribution in [0.25, 0.3) is 0 Å². The Labute approximate surface area is 136 Å². The molecule has 23 heavy (non-hydrogen) atoms. The SMILES string of the molecule is O=C(NC1CCC1)c1ncn2c1CCC(C(=O)N1CCCC1)C2. The molecule has 0 spiro atoms. The molecular formula is C17H24N4O2. The largest absolute Gasteiger partial charge is 0.348 e. The average Bonchev–Trinajstić information content (AvgIpc) is 3.18. The molecule has 1 atom stereocenters. The standard InChI is InChI=1S/C17H24N4O2/c22-16(19-13-4-3-5-13)15-14-7-6-12(10-21(14)11-18-15)17(23)20-8-1-2-9-20/h11-13H,1-10H2,(H,19,22). The fourth-order valence-corrected chi connectivity index (χ4v) is 3.86. The minimum absolute atomic E-state index is 0.0392. The van der Waals surface area contributed by atoms with Gasteiger partial charge in [0, 0.05) is 25.7 Å². The lowest BCUT2D eigenvalue weighted by molar-refractivity contribution is -0.135. The van der Waals surface area contributed by atoms with Gasteiger partial charge in [0.1, 0.15) is 5.69 Å². The third-order valence-corrected chi connectivity index (χ3v) is 5.52. The number of nitrogens with zero attached hydrogens (tertiary/aromatic N) is 3. The summed E-state index contributed by atoms with van der Waals surface area (Å²) in [4.78, 5) is 31.2. The van der Waals surface area contributed by atoms with Crippen LogP contribution in [0.2, 0.25) is 0 Å². The highest BCUT2D eigenvalue weighted by molar-refractivity contribution is 5.93. The molecule has 1 saturated heterocycles. The summed E-state index contributed by atoms with van der Waals surface area (Å²) >= 11 is 0. The van der Waals surface area contributed by atoms with Crippen LogP contribution < -0.4 is 5.32 Å². The van der Waals surface area contributed by atoms with Crippen LogP contribution in [0.3, 0.4) is 0 Å². The Kier molecular flexibility index (Phi) is 3.83. The van der Waals surface area contributed by atoms with Crippen LogP contribution in [0.4, 0.5) is 0 Å². The number of nitrogens with one attached hydrogen (secondary N) is 1. The smallest absolute Gasteiger partial charge is 0.271 e. The molecule has 3 aliphatic rings. The molecule has 1 aliphatic carbocycles. The zero-order chi connectivity index (χ0) is 15.8. The van der Waals surface area contributed by atoms with Gasteiger partial charge in [-0.25, -0.2) is 4.98 Å². The Balaban J connectivity index is 1.44. The Morgan fingerprint density at radius 2 is 1.91 bits per heavy atom. The minimum Gasteiger partial charge on any atom is -0.348 e. The molecule has 4 rings (SSSR count). The molecule has 0 radical (unpaired) electrons. The van der Waals surface area contributed by atoms with Gasteiger partial charge in [-0.15, -0.1) is 0 Å². The highest BCUT2D eigenvalue weighted by Crippen LogP contribution is 2.26. The topological polar surface area (TPSA) is 67.2 Å². The monoisotopic (exact) mass is 316 g/mol. The quantitative estimate of drug-likeness (QED) is 0.915. The van der Waals surface area contributed by atoms with Crippen LogP contribution in [-0.2, 0) is 17.8 Å². The predicted molar refractivity (Wildman–Crippen MR) is 85.0 cm³/mol. The number of fused-ring (bicyclic) bond motifs is 1. The van der Waals surface area contributed by atoms with E-state index in [4.69, 9.17) is 0 Å². The van der Waals surface area contributed by atoms with E-state index in [-0.39, 0.29) is 17.7 Å². The molecule has 2 aliphatic heterocycles. The zero-order valence-electron chi connectivity index (χ0n) is 13.5. The van der Waals surface area contributed by atoms with Crippen molar-refractivity contribution >= 4 is 11.8 Å². The maximum atomic E-state index is 12.6. The lowest BCUT2D eigenvalue weighted by atomic mass is 9.92. The molecule has 1 unspecified atom stereocenters. The number of carbonyl (C=O) groups excluding carboxylic acids is 2. The Bertz CT molecular complexity index is 614. The first kappa shape index (κ1) is 14.7. The summed E-state index contributed by atoms with van der Waals surface area (Å²) in [6, 6.07) is 0.327. The number of amides is 2. The summed E-state index contributed by atoms with van der Waals surface area (Å²) in [6.07, 6.45) is 8.92. The molecule has 124 valence electrons. The minimum atomic E-state index is -0.0484. The summed E-state index contributed by atoms with van der Waals surface area (Å²) in [7, 11) is 0. The first-order valence-electron chi connectivity index (χ1n) is 8.86. The van der Waals surface area contributed by atoms with E-state index in [0.29, 0.717) is 18.3 Å².